The normalized spacial score (nSPS) is 10.6. The molecule has 3 nitrogen and oxygen atoms in total. The van der Waals surface area contributed by atoms with Gasteiger partial charge in [-0.2, -0.15) is 0 Å². The van der Waals surface area contributed by atoms with Crippen molar-refractivity contribution in [3.63, 3.8) is 0 Å². The number of aromatic carboxylic acids is 1. The molecule has 0 aliphatic rings. The number of thiophene rings is 1. The molecule has 0 fully saturated rings. The largest absolute Gasteiger partial charge is 0.477 e. The maximum Gasteiger partial charge on any atom is 0.345 e. The maximum atomic E-state index is 13.0. The summed E-state index contributed by atoms with van der Waals surface area (Å²) < 4.78 is 13.0. The van der Waals surface area contributed by atoms with E-state index in [4.69, 9.17) is 5.11 Å². The molecule has 1 aromatic carbocycles. The van der Waals surface area contributed by atoms with E-state index in [1.807, 2.05) is 13.0 Å². The van der Waals surface area contributed by atoms with Crippen LogP contribution in [0.1, 0.15) is 25.7 Å². The molecule has 0 atom stereocenters. The molecule has 1 heterocycles. The number of carboxylic acid groups (broad SMARTS) is 1. The van der Waals surface area contributed by atoms with Crippen molar-refractivity contribution < 1.29 is 14.3 Å². The van der Waals surface area contributed by atoms with Gasteiger partial charge in [-0.1, -0.05) is 12.1 Å². The standard InChI is InChI=1S/C14H14FNO2S/c1-9-11(6-13(19-9)14(17)18)8-16-7-10-3-2-4-12(15)5-10/h2-6,16H,7-8H2,1H3,(H,17,18). The summed E-state index contributed by atoms with van der Waals surface area (Å²) in [6, 6.07) is 8.09. The summed E-state index contributed by atoms with van der Waals surface area (Å²) in [5.74, 6) is -1.15. The van der Waals surface area contributed by atoms with E-state index < -0.39 is 5.97 Å². The Kier molecular flexibility index (Phi) is 4.29. The summed E-state index contributed by atoms with van der Waals surface area (Å²) in [6.07, 6.45) is 0. The molecule has 0 aliphatic heterocycles. The number of rotatable bonds is 5. The zero-order chi connectivity index (χ0) is 13.8. The highest BCUT2D eigenvalue weighted by molar-refractivity contribution is 7.14. The van der Waals surface area contributed by atoms with Gasteiger partial charge in [0.1, 0.15) is 10.7 Å². The Hall–Kier alpha value is -1.72. The molecule has 2 aromatic rings. The smallest absolute Gasteiger partial charge is 0.345 e. The lowest BCUT2D eigenvalue weighted by atomic mass is 10.2. The second kappa shape index (κ2) is 5.95. The lowest BCUT2D eigenvalue weighted by Gasteiger charge is -2.04. The Labute approximate surface area is 114 Å². The van der Waals surface area contributed by atoms with Crippen molar-refractivity contribution in [2.45, 2.75) is 20.0 Å². The van der Waals surface area contributed by atoms with Crippen LogP contribution in [0, 0.1) is 12.7 Å². The molecule has 0 amide bonds. The number of benzene rings is 1. The zero-order valence-electron chi connectivity index (χ0n) is 10.4. The van der Waals surface area contributed by atoms with E-state index >= 15 is 0 Å². The Morgan fingerprint density at radius 1 is 1.37 bits per heavy atom. The van der Waals surface area contributed by atoms with Gasteiger partial charge in [-0.25, -0.2) is 9.18 Å². The number of halogens is 1. The molecule has 0 unspecified atom stereocenters. The van der Waals surface area contributed by atoms with E-state index in [1.165, 1.54) is 23.5 Å². The summed E-state index contributed by atoms with van der Waals surface area (Å²) in [5, 5.41) is 12.1. The summed E-state index contributed by atoms with van der Waals surface area (Å²) in [4.78, 5) is 12.2. The van der Waals surface area contributed by atoms with Crippen LogP contribution in [0.15, 0.2) is 30.3 Å². The SMILES string of the molecule is Cc1sc(C(=O)O)cc1CNCc1cccc(F)c1. The predicted octanol–water partition coefficient (Wildman–Crippen LogP) is 3.18. The molecule has 2 N–H and O–H groups in total. The van der Waals surface area contributed by atoms with Gasteiger partial charge in [-0.05, 0) is 36.2 Å². The summed E-state index contributed by atoms with van der Waals surface area (Å²) in [6.45, 7) is 3.03. The summed E-state index contributed by atoms with van der Waals surface area (Å²) >= 11 is 1.27. The molecule has 100 valence electrons. The van der Waals surface area contributed by atoms with Crippen molar-refractivity contribution in [2.75, 3.05) is 0 Å². The van der Waals surface area contributed by atoms with Crippen LogP contribution >= 0.6 is 11.3 Å². The van der Waals surface area contributed by atoms with Gasteiger partial charge in [0.2, 0.25) is 0 Å². The van der Waals surface area contributed by atoms with Gasteiger partial charge in [-0.15, -0.1) is 11.3 Å². The van der Waals surface area contributed by atoms with Crippen molar-refractivity contribution in [3.05, 3.63) is 57.0 Å². The molecule has 0 spiro atoms. The lowest BCUT2D eigenvalue weighted by molar-refractivity contribution is 0.0702. The predicted molar refractivity (Wildman–Crippen MR) is 73.0 cm³/mol. The number of hydrogen-bond donors (Lipinski definition) is 2. The Morgan fingerprint density at radius 2 is 2.16 bits per heavy atom. The monoisotopic (exact) mass is 279 g/mol. The van der Waals surface area contributed by atoms with Gasteiger partial charge in [0.15, 0.2) is 0 Å². The summed E-state index contributed by atoms with van der Waals surface area (Å²) in [5.41, 5.74) is 1.84. The molecule has 1 aromatic heterocycles. The van der Waals surface area contributed by atoms with Crippen molar-refractivity contribution in [2.24, 2.45) is 0 Å². The minimum absolute atomic E-state index is 0.251. The minimum atomic E-state index is -0.899. The van der Waals surface area contributed by atoms with Crippen LogP contribution in [-0.4, -0.2) is 11.1 Å². The lowest BCUT2D eigenvalue weighted by Crippen LogP contribution is -2.12. The van der Waals surface area contributed by atoms with Crippen LogP contribution in [0.2, 0.25) is 0 Å². The topological polar surface area (TPSA) is 49.3 Å². The van der Waals surface area contributed by atoms with Gasteiger partial charge >= 0.3 is 5.97 Å². The molecule has 0 saturated heterocycles. The van der Waals surface area contributed by atoms with Crippen LogP contribution in [0.3, 0.4) is 0 Å². The molecule has 0 radical (unpaired) electrons. The molecular formula is C14H14FNO2S. The van der Waals surface area contributed by atoms with E-state index in [0.717, 1.165) is 16.0 Å². The molecular weight excluding hydrogens is 265 g/mol. The quantitative estimate of drug-likeness (QED) is 0.883. The van der Waals surface area contributed by atoms with Crippen molar-refractivity contribution in [1.82, 2.24) is 5.32 Å². The summed E-state index contributed by atoms with van der Waals surface area (Å²) in [7, 11) is 0. The second-order valence-corrected chi connectivity index (χ2v) is 5.49. The van der Waals surface area contributed by atoms with Gasteiger partial charge in [0.25, 0.3) is 0 Å². The van der Waals surface area contributed by atoms with Gasteiger partial charge in [0, 0.05) is 18.0 Å². The highest BCUT2D eigenvalue weighted by Crippen LogP contribution is 2.21. The number of carboxylic acids is 1. The molecule has 0 saturated carbocycles. The molecule has 5 heteroatoms. The first kappa shape index (κ1) is 13.7. The maximum absolute atomic E-state index is 13.0. The first-order valence-electron chi connectivity index (χ1n) is 5.84. The van der Waals surface area contributed by atoms with E-state index in [-0.39, 0.29) is 5.82 Å². The molecule has 2 rings (SSSR count). The first-order valence-corrected chi connectivity index (χ1v) is 6.65. The van der Waals surface area contributed by atoms with Crippen molar-refractivity contribution in [3.8, 4) is 0 Å². The zero-order valence-corrected chi connectivity index (χ0v) is 11.3. The number of aryl methyl sites for hydroxylation is 1. The average Bonchev–Trinajstić information content (AvgIpc) is 2.71. The van der Waals surface area contributed by atoms with Crippen LogP contribution in [0.5, 0.6) is 0 Å². The van der Waals surface area contributed by atoms with Crippen LogP contribution in [0.25, 0.3) is 0 Å². The Morgan fingerprint density at radius 3 is 2.79 bits per heavy atom. The third-order valence-corrected chi connectivity index (χ3v) is 3.85. The molecule has 19 heavy (non-hydrogen) atoms. The number of nitrogens with one attached hydrogen (secondary N) is 1. The van der Waals surface area contributed by atoms with Crippen LogP contribution in [0.4, 0.5) is 4.39 Å². The van der Waals surface area contributed by atoms with Gasteiger partial charge < -0.3 is 10.4 Å². The van der Waals surface area contributed by atoms with Gasteiger partial charge in [-0.3, -0.25) is 0 Å². The fourth-order valence-corrected chi connectivity index (χ4v) is 2.67. The number of hydrogen-bond acceptors (Lipinski definition) is 3. The third kappa shape index (κ3) is 3.62. The fraction of sp³-hybridized carbons (Fsp3) is 0.214. The number of carbonyl (C=O) groups is 1. The first-order chi connectivity index (χ1) is 9.06. The fourth-order valence-electron chi connectivity index (χ4n) is 1.79. The average molecular weight is 279 g/mol. The third-order valence-electron chi connectivity index (χ3n) is 2.76. The highest BCUT2D eigenvalue weighted by Gasteiger charge is 2.10. The van der Waals surface area contributed by atoms with E-state index in [1.54, 1.807) is 12.1 Å². The Bertz CT molecular complexity index is 595. The van der Waals surface area contributed by atoms with E-state index in [9.17, 15) is 9.18 Å². The van der Waals surface area contributed by atoms with Crippen molar-refractivity contribution >= 4 is 17.3 Å². The second-order valence-electron chi connectivity index (χ2n) is 4.23. The Balaban J connectivity index is 1.94. The van der Waals surface area contributed by atoms with Crippen LogP contribution in [-0.2, 0) is 13.1 Å². The van der Waals surface area contributed by atoms with Gasteiger partial charge in [0.05, 0.1) is 0 Å². The van der Waals surface area contributed by atoms with Crippen LogP contribution < -0.4 is 5.32 Å². The molecule has 0 aliphatic carbocycles. The van der Waals surface area contributed by atoms with Crippen molar-refractivity contribution in [1.29, 1.82) is 0 Å². The molecule has 0 bridgehead atoms. The van der Waals surface area contributed by atoms with E-state index in [0.29, 0.717) is 18.0 Å². The van der Waals surface area contributed by atoms with E-state index in [2.05, 4.69) is 5.32 Å². The minimum Gasteiger partial charge on any atom is -0.477 e. The highest BCUT2D eigenvalue weighted by atomic mass is 32.1.